The van der Waals surface area contributed by atoms with Crippen LogP contribution in [0.4, 0.5) is 8.78 Å². The number of aromatic nitrogens is 4. The maximum absolute atomic E-state index is 12.9. The Morgan fingerprint density at radius 3 is 2.68 bits per heavy atom. The summed E-state index contributed by atoms with van der Waals surface area (Å²) in [6.45, 7) is 6.49. The second kappa shape index (κ2) is 6.93. The maximum atomic E-state index is 12.9. The molecule has 25 heavy (non-hydrogen) atoms. The standard InChI is InChI=1S/C17H23F2N5O/c1-4-23-8-13(11(3)21-23)10(2)20-16(25)9-24-15(12-5-6-12)7-14(22-24)17(18)19/h7-8,10,12,17H,4-6,9H2,1-3H3,(H,20,25). The molecule has 1 aliphatic carbocycles. The summed E-state index contributed by atoms with van der Waals surface area (Å²) >= 11 is 0. The van der Waals surface area contributed by atoms with E-state index in [0.717, 1.165) is 36.3 Å². The minimum absolute atomic E-state index is 0.0517. The molecule has 6 nitrogen and oxygen atoms in total. The molecule has 2 heterocycles. The Balaban J connectivity index is 1.69. The van der Waals surface area contributed by atoms with Gasteiger partial charge in [0.2, 0.25) is 5.91 Å². The van der Waals surface area contributed by atoms with E-state index in [1.807, 2.05) is 31.6 Å². The van der Waals surface area contributed by atoms with E-state index in [0.29, 0.717) is 0 Å². The van der Waals surface area contributed by atoms with E-state index in [2.05, 4.69) is 15.5 Å². The summed E-state index contributed by atoms with van der Waals surface area (Å²) in [5, 5.41) is 11.2. The van der Waals surface area contributed by atoms with Gasteiger partial charge in [0, 0.05) is 29.9 Å². The summed E-state index contributed by atoms with van der Waals surface area (Å²) in [5.74, 6) is -0.00258. The number of halogens is 2. The number of nitrogens with zero attached hydrogens (tertiary/aromatic N) is 4. The first kappa shape index (κ1) is 17.6. The van der Waals surface area contributed by atoms with Crippen LogP contribution in [-0.2, 0) is 17.9 Å². The molecule has 1 aliphatic rings. The topological polar surface area (TPSA) is 64.7 Å². The average molecular weight is 351 g/mol. The van der Waals surface area contributed by atoms with Crippen LogP contribution in [0, 0.1) is 6.92 Å². The number of amides is 1. The Morgan fingerprint density at radius 2 is 2.12 bits per heavy atom. The van der Waals surface area contributed by atoms with Crippen molar-refractivity contribution >= 4 is 5.91 Å². The summed E-state index contributed by atoms with van der Waals surface area (Å²) in [6.07, 6.45) is 1.21. The molecule has 0 aromatic carbocycles. The van der Waals surface area contributed by atoms with Gasteiger partial charge in [-0.3, -0.25) is 14.2 Å². The number of nitrogens with one attached hydrogen (secondary N) is 1. The SMILES string of the molecule is CCn1cc(C(C)NC(=O)Cn2nc(C(F)F)cc2C2CC2)c(C)n1. The van der Waals surface area contributed by atoms with Crippen LogP contribution in [0.15, 0.2) is 12.3 Å². The third-order valence-electron chi connectivity index (χ3n) is 4.49. The smallest absolute Gasteiger partial charge is 0.282 e. The molecule has 2 aromatic rings. The molecule has 1 N–H and O–H groups in total. The van der Waals surface area contributed by atoms with E-state index < -0.39 is 6.43 Å². The number of hydrogen-bond donors (Lipinski definition) is 1. The van der Waals surface area contributed by atoms with E-state index in [9.17, 15) is 13.6 Å². The highest BCUT2D eigenvalue weighted by molar-refractivity contribution is 5.76. The van der Waals surface area contributed by atoms with Crippen LogP contribution in [0.3, 0.4) is 0 Å². The van der Waals surface area contributed by atoms with E-state index in [1.165, 1.54) is 10.7 Å². The van der Waals surface area contributed by atoms with Gasteiger partial charge in [0.1, 0.15) is 12.2 Å². The zero-order chi connectivity index (χ0) is 18.1. The molecular weight excluding hydrogens is 328 g/mol. The monoisotopic (exact) mass is 351 g/mol. The van der Waals surface area contributed by atoms with Crippen LogP contribution in [0.25, 0.3) is 0 Å². The Kier molecular flexibility index (Phi) is 4.87. The first-order valence-electron chi connectivity index (χ1n) is 8.58. The molecule has 3 rings (SSSR count). The van der Waals surface area contributed by atoms with Crippen LogP contribution < -0.4 is 5.32 Å². The van der Waals surface area contributed by atoms with Gasteiger partial charge in [0.25, 0.3) is 6.43 Å². The normalized spacial score (nSPS) is 15.6. The molecule has 0 bridgehead atoms. The first-order chi connectivity index (χ1) is 11.9. The lowest BCUT2D eigenvalue weighted by Gasteiger charge is -2.14. The molecule has 1 unspecified atom stereocenters. The van der Waals surface area contributed by atoms with Gasteiger partial charge in [0.05, 0.1) is 11.7 Å². The minimum atomic E-state index is -2.62. The van der Waals surface area contributed by atoms with E-state index in [-0.39, 0.29) is 30.1 Å². The zero-order valence-corrected chi connectivity index (χ0v) is 14.7. The molecule has 0 radical (unpaired) electrons. The fourth-order valence-electron chi connectivity index (χ4n) is 3.01. The average Bonchev–Trinajstić information content (AvgIpc) is 3.19. The van der Waals surface area contributed by atoms with Gasteiger partial charge in [-0.15, -0.1) is 0 Å². The third-order valence-corrected chi connectivity index (χ3v) is 4.49. The second-order valence-electron chi connectivity index (χ2n) is 6.54. The van der Waals surface area contributed by atoms with Crippen LogP contribution in [-0.4, -0.2) is 25.5 Å². The largest absolute Gasteiger partial charge is 0.348 e. The molecule has 1 saturated carbocycles. The van der Waals surface area contributed by atoms with Gasteiger partial charge in [-0.2, -0.15) is 10.2 Å². The summed E-state index contributed by atoms with van der Waals surface area (Å²) in [5.41, 5.74) is 2.29. The van der Waals surface area contributed by atoms with E-state index >= 15 is 0 Å². The molecular formula is C17H23F2N5O. The molecule has 0 saturated heterocycles. The fraction of sp³-hybridized carbons (Fsp3) is 0.588. The van der Waals surface area contributed by atoms with E-state index in [4.69, 9.17) is 0 Å². The van der Waals surface area contributed by atoms with Crippen molar-refractivity contribution in [1.82, 2.24) is 24.9 Å². The molecule has 0 aliphatic heterocycles. The highest BCUT2D eigenvalue weighted by Crippen LogP contribution is 2.41. The highest BCUT2D eigenvalue weighted by atomic mass is 19.3. The van der Waals surface area contributed by atoms with Gasteiger partial charge >= 0.3 is 0 Å². The van der Waals surface area contributed by atoms with Crippen molar-refractivity contribution < 1.29 is 13.6 Å². The fourth-order valence-corrected chi connectivity index (χ4v) is 3.01. The Morgan fingerprint density at radius 1 is 1.40 bits per heavy atom. The molecule has 1 amide bonds. The van der Waals surface area contributed by atoms with Crippen molar-refractivity contribution in [3.05, 3.63) is 34.9 Å². The first-order valence-corrected chi connectivity index (χ1v) is 8.58. The van der Waals surface area contributed by atoms with Crippen molar-refractivity contribution in [3.8, 4) is 0 Å². The maximum Gasteiger partial charge on any atom is 0.282 e. The predicted octanol–water partition coefficient (Wildman–Crippen LogP) is 3.10. The van der Waals surface area contributed by atoms with Gasteiger partial charge in [0.15, 0.2) is 0 Å². The van der Waals surface area contributed by atoms with Crippen LogP contribution >= 0.6 is 0 Å². The Bertz CT molecular complexity index is 763. The quantitative estimate of drug-likeness (QED) is 0.834. The number of carbonyl (C=O) groups excluding carboxylic acids is 1. The summed E-state index contributed by atoms with van der Waals surface area (Å²) in [7, 11) is 0. The number of rotatable bonds is 7. The molecule has 2 aromatic heterocycles. The van der Waals surface area contributed by atoms with Gasteiger partial charge in [-0.1, -0.05) is 0 Å². The van der Waals surface area contributed by atoms with Gasteiger partial charge in [-0.05, 0) is 39.7 Å². The second-order valence-corrected chi connectivity index (χ2v) is 6.54. The lowest BCUT2D eigenvalue weighted by Crippen LogP contribution is -2.31. The molecule has 8 heteroatoms. The number of carbonyl (C=O) groups is 1. The lowest BCUT2D eigenvalue weighted by molar-refractivity contribution is -0.122. The van der Waals surface area contributed by atoms with Gasteiger partial charge in [-0.25, -0.2) is 8.78 Å². The van der Waals surface area contributed by atoms with E-state index in [1.54, 1.807) is 0 Å². The number of aryl methyl sites for hydroxylation is 2. The minimum Gasteiger partial charge on any atom is -0.348 e. The van der Waals surface area contributed by atoms with Gasteiger partial charge < -0.3 is 5.32 Å². The molecule has 0 spiro atoms. The van der Waals surface area contributed by atoms with Crippen LogP contribution in [0.1, 0.15) is 67.7 Å². The van der Waals surface area contributed by atoms with Crippen molar-refractivity contribution in [3.63, 3.8) is 0 Å². The van der Waals surface area contributed by atoms with Crippen molar-refractivity contribution in [2.24, 2.45) is 0 Å². The molecule has 136 valence electrons. The lowest BCUT2D eigenvalue weighted by atomic mass is 10.1. The summed E-state index contributed by atoms with van der Waals surface area (Å²) in [4.78, 5) is 12.4. The molecule has 1 fully saturated rings. The third kappa shape index (κ3) is 3.88. The highest BCUT2D eigenvalue weighted by Gasteiger charge is 2.30. The predicted molar refractivity (Wildman–Crippen MR) is 88.4 cm³/mol. The van der Waals surface area contributed by atoms with Crippen molar-refractivity contribution in [1.29, 1.82) is 0 Å². The van der Waals surface area contributed by atoms with Crippen molar-refractivity contribution in [2.75, 3.05) is 0 Å². The zero-order valence-electron chi connectivity index (χ0n) is 14.7. The molecule has 1 atom stereocenters. The summed E-state index contributed by atoms with van der Waals surface area (Å²) in [6, 6.07) is 1.22. The summed E-state index contributed by atoms with van der Waals surface area (Å²) < 4.78 is 29.1. The Labute approximate surface area is 145 Å². The number of hydrogen-bond acceptors (Lipinski definition) is 3. The van der Waals surface area contributed by atoms with Crippen molar-refractivity contribution in [2.45, 2.75) is 65.1 Å². The van der Waals surface area contributed by atoms with Crippen LogP contribution in [0.2, 0.25) is 0 Å². The number of alkyl halides is 2. The van der Waals surface area contributed by atoms with Crippen LogP contribution in [0.5, 0.6) is 0 Å². The Hall–Kier alpha value is -2.25.